The molecule has 0 radical (unpaired) electrons. The summed E-state index contributed by atoms with van der Waals surface area (Å²) in [5.74, 6) is -0.811. The van der Waals surface area contributed by atoms with E-state index in [1.54, 1.807) is 7.11 Å². The van der Waals surface area contributed by atoms with Crippen LogP contribution in [0.2, 0.25) is 0 Å². The monoisotopic (exact) mass is 208 g/mol. The Labute approximate surface area is 89.7 Å². The van der Waals surface area contributed by atoms with Gasteiger partial charge in [0.15, 0.2) is 0 Å². The Hall–Kier alpha value is -1.35. The zero-order valence-electron chi connectivity index (χ0n) is 9.28. The lowest BCUT2D eigenvalue weighted by Gasteiger charge is -2.23. The second-order valence-electron chi connectivity index (χ2n) is 3.98. The summed E-state index contributed by atoms with van der Waals surface area (Å²) in [5, 5.41) is 8.62. The van der Waals surface area contributed by atoms with Gasteiger partial charge in [0.2, 0.25) is 0 Å². The van der Waals surface area contributed by atoms with Gasteiger partial charge in [0, 0.05) is 7.11 Å². The number of rotatable bonds is 4. The van der Waals surface area contributed by atoms with Gasteiger partial charge in [-0.1, -0.05) is 24.3 Å². The first-order valence-electron chi connectivity index (χ1n) is 4.82. The average molecular weight is 208 g/mol. The van der Waals surface area contributed by atoms with Crippen molar-refractivity contribution in [3.8, 4) is 0 Å². The largest absolute Gasteiger partial charge is 0.481 e. The number of methoxy groups -OCH3 is 1. The van der Waals surface area contributed by atoms with Gasteiger partial charge in [-0.15, -0.1) is 0 Å². The third-order valence-corrected chi connectivity index (χ3v) is 2.51. The summed E-state index contributed by atoms with van der Waals surface area (Å²) in [7, 11) is 1.66. The lowest BCUT2D eigenvalue weighted by molar-refractivity contribution is -0.136. The number of aliphatic carboxylic acids is 1. The van der Waals surface area contributed by atoms with Crippen LogP contribution in [0.5, 0.6) is 0 Å². The highest BCUT2D eigenvalue weighted by atomic mass is 16.5. The summed E-state index contributed by atoms with van der Waals surface area (Å²) >= 11 is 0. The number of benzene rings is 1. The van der Waals surface area contributed by atoms with E-state index in [-0.39, 0.29) is 12.0 Å². The number of carboxylic acids is 1. The van der Waals surface area contributed by atoms with Crippen molar-refractivity contribution in [3.63, 3.8) is 0 Å². The highest BCUT2D eigenvalue weighted by molar-refractivity contribution is 5.70. The average Bonchev–Trinajstić information content (AvgIpc) is 2.18. The number of carbonyl (C=O) groups is 1. The van der Waals surface area contributed by atoms with Gasteiger partial charge >= 0.3 is 5.97 Å². The maximum Gasteiger partial charge on any atom is 0.307 e. The van der Waals surface area contributed by atoms with Crippen LogP contribution in [0.4, 0.5) is 0 Å². The van der Waals surface area contributed by atoms with E-state index < -0.39 is 5.97 Å². The summed E-state index contributed by atoms with van der Waals surface area (Å²) < 4.78 is 5.33. The standard InChI is InChI=1S/C12H16O3/c1-12(2,15-3)10-6-4-9(5-7-10)8-11(13)14/h4-7H,8H2,1-3H3,(H,13,14). The molecule has 0 fully saturated rings. The highest BCUT2D eigenvalue weighted by Gasteiger charge is 2.18. The minimum absolute atomic E-state index is 0.0632. The van der Waals surface area contributed by atoms with E-state index in [0.717, 1.165) is 11.1 Å². The van der Waals surface area contributed by atoms with Crippen LogP contribution < -0.4 is 0 Å². The molecular weight excluding hydrogens is 192 g/mol. The Morgan fingerprint density at radius 1 is 1.33 bits per heavy atom. The van der Waals surface area contributed by atoms with E-state index >= 15 is 0 Å². The Morgan fingerprint density at radius 3 is 2.27 bits per heavy atom. The van der Waals surface area contributed by atoms with E-state index in [2.05, 4.69) is 0 Å². The fraction of sp³-hybridized carbons (Fsp3) is 0.417. The second kappa shape index (κ2) is 4.45. The summed E-state index contributed by atoms with van der Waals surface area (Å²) in [6.45, 7) is 3.94. The normalized spacial score (nSPS) is 11.4. The fourth-order valence-corrected chi connectivity index (χ4v) is 1.32. The smallest absolute Gasteiger partial charge is 0.307 e. The van der Waals surface area contributed by atoms with Crippen LogP contribution in [0.3, 0.4) is 0 Å². The van der Waals surface area contributed by atoms with Gasteiger partial charge in [-0.05, 0) is 25.0 Å². The van der Waals surface area contributed by atoms with Gasteiger partial charge in [-0.2, -0.15) is 0 Å². The molecule has 0 aliphatic heterocycles. The minimum atomic E-state index is -0.811. The van der Waals surface area contributed by atoms with Crippen LogP contribution in [-0.2, 0) is 21.6 Å². The first-order chi connectivity index (χ1) is 6.95. The molecule has 0 heterocycles. The lowest BCUT2D eigenvalue weighted by atomic mass is 9.96. The molecule has 0 aliphatic rings. The van der Waals surface area contributed by atoms with Crippen molar-refractivity contribution >= 4 is 5.97 Å². The summed E-state index contributed by atoms with van der Waals surface area (Å²) in [6.07, 6.45) is 0.0632. The Morgan fingerprint density at radius 2 is 1.87 bits per heavy atom. The lowest BCUT2D eigenvalue weighted by Crippen LogP contribution is -2.19. The highest BCUT2D eigenvalue weighted by Crippen LogP contribution is 2.23. The van der Waals surface area contributed by atoms with Gasteiger partial charge in [-0.3, -0.25) is 4.79 Å². The van der Waals surface area contributed by atoms with Crippen molar-refractivity contribution in [2.24, 2.45) is 0 Å². The van der Waals surface area contributed by atoms with Crippen LogP contribution in [-0.4, -0.2) is 18.2 Å². The molecule has 0 aliphatic carbocycles. The molecule has 0 saturated carbocycles. The summed E-state index contributed by atoms with van der Waals surface area (Å²) in [6, 6.07) is 7.46. The fourth-order valence-electron chi connectivity index (χ4n) is 1.32. The molecule has 0 atom stereocenters. The van der Waals surface area contributed by atoms with E-state index in [0.29, 0.717) is 0 Å². The molecule has 0 spiro atoms. The molecule has 0 unspecified atom stereocenters. The molecule has 3 nitrogen and oxygen atoms in total. The van der Waals surface area contributed by atoms with Crippen molar-refractivity contribution in [1.29, 1.82) is 0 Å². The van der Waals surface area contributed by atoms with E-state index in [1.165, 1.54) is 0 Å². The predicted molar refractivity (Wildman–Crippen MR) is 57.8 cm³/mol. The molecule has 1 aromatic carbocycles. The van der Waals surface area contributed by atoms with Crippen molar-refractivity contribution in [1.82, 2.24) is 0 Å². The van der Waals surface area contributed by atoms with Crippen LogP contribution >= 0.6 is 0 Å². The maximum atomic E-state index is 10.5. The van der Waals surface area contributed by atoms with E-state index in [4.69, 9.17) is 9.84 Å². The molecule has 0 aromatic heterocycles. The summed E-state index contributed by atoms with van der Waals surface area (Å²) in [4.78, 5) is 10.5. The topological polar surface area (TPSA) is 46.5 Å². The molecule has 3 heteroatoms. The number of ether oxygens (including phenoxy) is 1. The quantitative estimate of drug-likeness (QED) is 0.825. The van der Waals surface area contributed by atoms with Crippen molar-refractivity contribution in [2.75, 3.05) is 7.11 Å². The minimum Gasteiger partial charge on any atom is -0.481 e. The van der Waals surface area contributed by atoms with Gasteiger partial charge in [0.25, 0.3) is 0 Å². The Balaban J connectivity index is 2.85. The van der Waals surface area contributed by atoms with Gasteiger partial charge in [0.1, 0.15) is 0 Å². The van der Waals surface area contributed by atoms with Gasteiger partial charge in [0.05, 0.1) is 12.0 Å². The first kappa shape index (κ1) is 11.7. The number of hydrogen-bond donors (Lipinski definition) is 1. The van der Waals surface area contributed by atoms with E-state index in [1.807, 2.05) is 38.1 Å². The van der Waals surface area contributed by atoms with Crippen LogP contribution in [0.15, 0.2) is 24.3 Å². The SMILES string of the molecule is COC(C)(C)c1ccc(CC(=O)O)cc1. The van der Waals surface area contributed by atoms with Crippen molar-refractivity contribution in [3.05, 3.63) is 35.4 Å². The molecule has 1 rings (SSSR count). The Bertz CT molecular complexity index is 338. The molecule has 0 amide bonds. The molecule has 1 aromatic rings. The molecular formula is C12H16O3. The van der Waals surface area contributed by atoms with Gasteiger partial charge in [-0.25, -0.2) is 0 Å². The van der Waals surface area contributed by atoms with Crippen LogP contribution in [0.25, 0.3) is 0 Å². The zero-order valence-corrected chi connectivity index (χ0v) is 9.28. The third kappa shape index (κ3) is 3.06. The second-order valence-corrected chi connectivity index (χ2v) is 3.98. The van der Waals surface area contributed by atoms with Crippen molar-refractivity contribution in [2.45, 2.75) is 25.9 Å². The maximum absolute atomic E-state index is 10.5. The molecule has 0 bridgehead atoms. The molecule has 82 valence electrons. The van der Waals surface area contributed by atoms with E-state index in [9.17, 15) is 4.79 Å². The van der Waals surface area contributed by atoms with Gasteiger partial charge < -0.3 is 9.84 Å². The number of hydrogen-bond acceptors (Lipinski definition) is 2. The third-order valence-electron chi connectivity index (χ3n) is 2.51. The molecule has 0 saturated heterocycles. The zero-order chi connectivity index (χ0) is 11.5. The number of carboxylic acid groups (broad SMARTS) is 1. The van der Waals surface area contributed by atoms with Crippen LogP contribution in [0, 0.1) is 0 Å². The molecule has 15 heavy (non-hydrogen) atoms. The van der Waals surface area contributed by atoms with Crippen molar-refractivity contribution < 1.29 is 14.6 Å². The summed E-state index contributed by atoms with van der Waals surface area (Å²) in [5.41, 5.74) is 1.51. The predicted octanol–water partition coefficient (Wildman–Crippen LogP) is 2.20. The first-order valence-corrected chi connectivity index (χ1v) is 4.82. The Kier molecular flexibility index (Phi) is 3.48. The molecule has 1 N–H and O–H groups in total. The van der Waals surface area contributed by atoms with Crippen LogP contribution in [0.1, 0.15) is 25.0 Å².